The highest BCUT2D eigenvalue weighted by Gasteiger charge is 2.30. The minimum Gasteiger partial charge on any atom is -0.497 e. The Morgan fingerprint density at radius 2 is 1.70 bits per heavy atom. The fourth-order valence-electron chi connectivity index (χ4n) is 3.04. The number of carbonyl (C=O) groups is 2. The van der Waals surface area contributed by atoms with E-state index in [-0.39, 0.29) is 23.1 Å². The summed E-state index contributed by atoms with van der Waals surface area (Å²) in [4.78, 5) is 28.9. The molecular formula is C24H32N2O3S. The molecule has 2 rings (SSSR count). The fraction of sp³-hybridized carbons (Fsp3) is 0.417. The van der Waals surface area contributed by atoms with Crippen LogP contribution in [-0.2, 0) is 16.1 Å². The van der Waals surface area contributed by atoms with Crippen LogP contribution in [0.1, 0.15) is 39.7 Å². The number of nitrogens with one attached hydrogen (secondary N) is 1. The third-order valence-corrected chi connectivity index (χ3v) is 5.50. The smallest absolute Gasteiger partial charge is 0.243 e. The number of carbonyl (C=O) groups excluding carboxylic acids is 2. The second-order valence-corrected chi connectivity index (χ2v) is 9.18. The van der Waals surface area contributed by atoms with Crippen molar-refractivity contribution in [2.75, 3.05) is 12.9 Å². The number of hydrogen-bond acceptors (Lipinski definition) is 4. The zero-order valence-electron chi connectivity index (χ0n) is 18.5. The molecule has 0 radical (unpaired) electrons. The molecule has 6 heteroatoms. The molecule has 1 atom stereocenters. The Bertz CT molecular complexity index is 817. The van der Waals surface area contributed by atoms with Crippen LogP contribution in [-0.4, -0.2) is 41.2 Å². The van der Waals surface area contributed by atoms with E-state index in [9.17, 15) is 9.59 Å². The highest BCUT2D eigenvalue weighted by molar-refractivity contribution is 8.00. The Hall–Kier alpha value is -2.47. The van der Waals surface area contributed by atoms with Crippen molar-refractivity contribution in [2.24, 2.45) is 0 Å². The second-order valence-electron chi connectivity index (χ2n) is 8.13. The van der Waals surface area contributed by atoms with E-state index in [4.69, 9.17) is 4.74 Å². The zero-order valence-corrected chi connectivity index (χ0v) is 19.3. The van der Waals surface area contributed by atoms with Gasteiger partial charge in [0, 0.05) is 17.0 Å². The van der Waals surface area contributed by atoms with Gasteiger partial charge in [0.05, 0.1) is 12.9 Å². The standard InChI is InChI=1S/C24H32N2O3S/c1-6-21(23(28)25-24(2,3)4)26(16-18-12-14-19(29-5)15-13-18)22(27)17-30-20-10-8-7-9-11-20/h7-15,21H,6,16-17H2,1-5H3,(H,25,28)/t21-/m0/s1. The number of rotatable bonds is 9. The van der Waals surface area contributed by atoms with E-state index < -0.39 is 6.04 Å². The van der Waals surface area contributed by atoms with Gasteiger partial charge in [-0.25, -0.2) is 0 Å². The van der Waals surface area contributed by atoms with E-state index in [1.165, 1.54) is 11.8 Å². The van der Waals surface area contributed by atoms with Crippen molar-refractivity contribution >= 4 is 23.6 Å². The first kappa shape index (κ1) is 23.8. The van der Waals surface area contributed by atoms with Crippen molar-refractivity contribution < 1.29 is 14.3 Å². The Balaban J connectivity index is 2.22. The van der Waals surface area contributed by atoms with Crippen molar-refractivity contribution in [2.45, 2.75) is 57.1 Å². The minimum atomic E-state index is -0.532. The molecule has 5 nitrogen and oxygen atoms in total. The molecule has 2 aromatic carbocycles. The van der Waals surface area contributed by atoms with Gasteiger partial charge in [0.25, 0.3) is 0 Å². The largest absolute Gasteiger partial charge is 0.497 e. The maximum atomic E-state index is 13.2. The van der Waals surface area contributed by atoms with Crippen LogP contribution in [0, 0.1) is 0 Å². The summed E-state index contributed by atoms with van der Waals surface area (Å²) in [6.07, 6.45) is 0.541. The molecule has 0 saturated carbocycles. The van der Waals surface area contributed by atoms with Crippen molar-refractivity contribution in [1.29, 1.82) is 0 Å². The van der Waals surface area contributed by atoms with Crippen molar-refractivity contribution in [3.63, 3.8) is 0 Å². The Morgan fingerprint density at radius 1 is 1.07 bits per heavy atom. The molecule has 0 aliphatic rings. The molecule has 30 heavy (non-hydrogen) atoms. The maximum Gasteiger partial charge on any atom is 0.243 e. The molecular weight excluding hydrogens is 396 g/mol. The van der Waals surface area contributed by atoms with Gasteiger partial charge >= 0.3 is 0 Å². The molecule has 162 valence electrons. The van der Waals surface area contributed by atoms with E-state index in [0.717, 1.165) is 16.2 Å². The summed E-state index contributed by atoms with van der Waals surface area (Å²) in [7, 11) is 1.62. The number of methoxy groups -OCH3 is 1. The molecule has 0 fully saturated rings. The van der Waals surface area contributed by atoms with E-state index in [1.54, 1.807) is 12.0 Å². The predicted octanol–water partition coefficient (Wildman–Crippen LogP) is 4.51. The first-order chi connectivity index (χ1) is 14.2. The van der Waals surface area contributed by atoms with Crippen molar-refractivity contribution in [3.8, 4) is 5.75 Å². The van der Waals surface area contributed by atoms with Gasteiger partial charge in [0.1, 0.15) is 11.8 Å². The monoisotopic (exact) mass is 428 g/mol. The molecule has 2 aromatic rings. The number of hydrogen-bond donors (Lipinski definition) is 1. The average molecular weight is 429 g/mol. The fourth-order valence-corrected chi connectivity index (χ4v) is 3.85. The van der Waals surface area contributed by atoms with Gasteiger partial charge in [-0.15, -0.1) is 11.8 Å². The van der Waals surface area contributed by atoms with Crippen LogP contribution in [0.2, 0.25) is 0 Å². The van der Waals surface area contributed by atoms with Gasteiger partial charge < -0.3 is 15.0 Å². The number of amides is 2. The SMILES string of the molecule is CC[C@@H](C(=O)NC(C)(C)C)N(Cc1ccc(OC)cc1)C(=O)CSc1ccccc1. The lowest BCUT2D eigenvalue weighted by molar-refractivity contribution is -0.140. The van der Waals surface area contributed by atoms with E-state index in [1.807, 2.05) is 82.3 Å². The molecule has 0 saturated heterocycles. The summed E-state index contributed by atoms with van der Waals surface area (Å²) in [5, 5.41) is 3.02. The van der Waals surface area contributed by atoms with Gasteiger partial charge in [-0.2, -0.15) is 0 Å². The quantitative estimate of drug-likeness (QED) is 0.597. The third-order valence-electron chi connectivity index (χ3n) is 4.50. The van der Waals surface area contributed by atoms with Gasteiger partial charge in [-0.05, 0) is 57.0 Å². The first-order valence-electron chi connectivity index (χ1n) is 10.2. The molecule has 0 bridgehead atoms. The molecule has 0 heterocycles. The molecule has 2 amide bonds. The van der Waals surface area contributed by atoms with Gasteiger partial charge in [0.2, 0.25) is 11.8 Å². The lowest BCUT2D eigenvalue weighted by Crippen LogP contribution is -2.53. The Kier molecular flexibility index (Phi) is 8.78. The summed E-state index contributed by atoms with van der Waals surface area (Å²) in [5.74, 6) is 0.848. The Morgan fingerprint density at radius 3 is 2.23 bits per heavy atom. The lowest BCUT2D eigenvalue weighted by Gasteiger charge is -2.33. The van der Waals surface area contributed by atoms with Crippen LogP contribution in [0.4, 0.5) is 0 Å². The van der Waals surface area contributed by atoms with Crippen LogP contribution in [0.15, 0.2) is 59.5 Å². The topological polar surface area (TPSA) is 58.6 Å². The summed E-state index contributed by atoms with van der Waals surface area (Å²) >= 11 is 1.48. The maximum absolute atomic E-state index is 13.2. The van der Waals surface area contributed by atoms with E-state index in [2.05, 4.69) is 5.32 Å². The van der Waals surface area contributed by atoms with Crippen LogP contribution in [0.25, 0.3) is 0 Å². The third kappa shape index (κ3) is 7.41. The molecule has 1 N–H and O–H groups in total. The predicted molar refractivity (Wildman–Crippen MR) is 123 cm³/mol. The summed E-state index contributed by atoms with van der Waals surface area (Å²) in [5.41, 5.74) is 0.592. The highest BCUT2D eigenvalue weighted by Crippen LogP contribution is 2.21. The molecule has 0 unspecified atom stereocenters. The number of ether oxygens (including phenoxy) is 1. The van der Waals surface area contributed by atoms with Crippen LogP contribution in [0.3, 0.4) is 0 Å². The Labute approximate surface area is 184 Å². The number of nitrogens with zero attached hydrogens (tertiary/aromatic N) is 1. The van der Waals surface area contributed by atoms with Gasteiger partial charge in [0.15, 0.2) is 0 Å². The number of benzene rings is 2. The molecule has 0 spiro atoms. The van der Waals surface area contributed by atoms with Gasteiger partial charge in [-0.3, -0.25) is 9.59 Å². The molecule has 0 aliphatic carbocycles. The van der Waals surface area contributed by atoms with Crippen molar-refractivity contribution in [1.82, 2.24) is 10.2 Å². The van der Waals surface area contributed by atoms with Crippen molar-refractivity contribution in [3.05, 3.63) is 60.2 Å². The molecule has 0 aliphatic heterocycles. The summed E-state index contributed by atoms with van der Waals surface area (Å²) < 4.78 is 5.22. The number of thioether (sulfide) groups is 1. The first-order valence-corrected chi connectivity index (χ1v) is 11.1. The zero-order chi connectivity index (χ0) is 22.1. The van der Waals surface area contributed by atoms with Gasteiger partial charge in [-0.1, -0.05) is 37.3 Å². The van der Waals surface area contributed by atoms with Crippen LogP contribution < -0.4 is 10.1 Å². The lowest BCUT2D eigenvalue weighted by atomic mass is 10.1. The summed E-state index contributed by atoms with van der Waals surface area (Å²) in [6, 6.07) is 16.9. The second kappa shape index (κ2) is 11.1. The highest BCUT2D eigenvalue weighted by atomic mass is 32.2. The van der Waals surface area contributed by atoms with E-state index in [0.29, 0.717) is 13.0 Å². The van der Waals surface area contributed by atoms with E-state index >= 15 is 0 Å². The minimum absolute atomic E-state index is 0.0596. The summed E-state index contributed by atoms with van der Waals surface area (Å²) in [6.45, 7) is 8.13. The molecule has 0 aromatic heterocycles. The average Bonchev–Trinajstić information content (AvgIpc) is 2.71. The normalized spacial score (nSPS) is 12.2. The van der Waals surface area contributed by atoms with Crippen LogP contribution in [0.5, 0.6) is 5.75 Å². The van der Waals surface area contributed by atoms with Crippen LogP contribution >= 0.6 is 11.8 Å².